The smallest absolute Gasteiger partial charge is 0.0661 e. The number of piperidine rings is 1. The van der Waals surface area contributed by atoms with Crippen LogP contribution < -0.4 is 5.32 Å². The Kier molecular flexibility index (Phi) is 5.31. The van der Waals surface area contributed by atoms with Crippen LogP contribution in [-0.2, 0) is 0 Å². The Morgan fingerprint density at radius 3 is 2.74 bits per heavy atom. The van der Waals surface area contributed by atoms with E-state index in [-0.39, 0.29) is 12.0 Å². The molecule has 3 nitrogen and oxygen atoms in total. The number of benzene rings is 2. The van der Waals surface area contributed by atoms with Gasteiger partial charge in [-0.15, -0.1) is 0 Å². The fourth-order valence-corrected chi connectivity index (χ4v) is 3.91. The summed E-state index contributed by atoms with van der Waals surface area (Å²) in [7, 11) is 4.12. The standard InChI is InChI=1S/C20H28N2O/c1-21-13-19(20(23)18-8-5-11-22(2)14-18)17-10-9-15-6-3-4-7-16(15)12-17/h3-4,6-7,9-10,12,18-21,23H,5,8,11,13-14H2,1-2H3/t18?,19-,20-/m0/s1. The highest BCUT2D eigenvalue weighted by Gasteiger charge is 2.31. The second-order valence-electron chi connectivity index (χ2n) is 6.93. The Morgan fingerprint density at radius 2 is 2.00 bits per heavy atom. The topological polar surface area (TPSA) is 35.5 Å². The molecule has 0 aliphatic carbocycles. The van der Waals surface area contributed by atoms with E-state index >= 15 is 0 Å². The molecule has 0 radical (unpaired) electrons. The van der Waals surface area contributed by atoms with Crippen LogP contribution in [0.15, 0.2) is 42.5 Å². The molecule has 23 heavy (non-hydrogen) atoms. The van der Waals surface area contributed by atoms with Crippen molar-refractivity contribution in [2.45, 2.75) is 24.9 Å². The SMILES string of the molecule is CNC[C@@H](c1ccc2ccccc2c1)[C@@H](O)C1CCCN(C)C1. The molecule has 0 bridgehead atoms. The van der Waals surface area contributed by atoms with Crippen LogP contribution in [0.1, 0.15) is 24.3 Å². The number of nitrogens with one attached hydrogen (secondary N) is 1. The summed E-state index contributed by atoms with van der Waals surface area (Å²) < 4.78 is 0. The number of nitrogens with zero attached hydrogens (tertiary/aromatic N) is 1. The van der Waals surface area contributed by atoms with E-state index in [9.17, 15) is 5.11 Å². The molecule has 124 valence electrons. The number of aliphatic hydroxyl groups excluding tert-OH is 1. The van der Waals surface area contributed by atoms with Gasteiger partial charge in [0.15, 0.2) is 0 Å². The average molecular weight is 312 g/mol. The van der Waals surface area contributed by atoms with Gasteiger partial charge < -0.3 is 15.3 Å². The minimum atomic E-state index is -0.300. The predicted molar refractivity (Wildman–Crippen MR) is 96.8 cm³/mol. The summed E-state index contributed by atoms with van der Waals surface area (Å²) >= 11 is 0. The normalized spacial score (nSPS) is 22.1. The molecule has 1 saturated heterocycles. The van der Waals surface area contributed by atoms with Crippen molar-refractivity contribution in [2.75, 3.05) is 33.7 Å². The van der Waals surface area contributed by atoms with Crippen LogP contribution in [-0.4, -0.2) is 49.8 Å². The lowest BCUT2D eigenvalue weighted by atomic mass is 9.81. The van der Waals surface area contributed by atoms with Gasteiger partial charge in [-0.05, 0) is 55.7 Å². The van der Waals surface area contributed by atoms with Gasteiger partial charge in [-0.2, -0.15) is 0 Å². The third kappa shape index (κ3) is 3.74. The maximum atomic E-state index is 11.0. The molecule has 3 atom stereocenters. The largest absolute Gasteiger partial charge is 0.392 e. The van der Waals surface area contributed by atoms with Gasteiger partial charge in [0, 0.05) is 19.0 Å². The first kappa shape index (κ1) is 16.4. The number of rotatable bonds is 5. The number of fused-ring (bicyclic) bond motifs is 1. The van der Waals surface area contributed by atoms with Crippen molar-refractivity contribution >= 4 is 10.8 Å². The molecule has 0 saturated carbocycles. The van der Waals surface area contributed by atoms with E-state index in [2.05, 4.69) is 59.7 Å². The molecule has 1 aliphatic heterocycles. The van der Waals surface area contributed by atoms with Crippen molar-refractivity contribution in [1.29, 1.82) is 0 Å². The number of likely N-dealkylation sites (N-methyl/N-ethyl adjacent to an activating group) is 1. The molecule has 2 N–H and O–H groups in total. The minimum Gasteiger partial charge on any atom is -0.392 e. The van der Waals surface area contributed by atoms with Crippen LogP contribution in [0, 0.1) is 5.92 Å². The summed E-state index contributed by atoms with van der Waals surface area (Å²) in [5.74, 6) is 0.500. The van der Waals surface area contributed by atoms with Gasteiger partial charge in [-0.1, -0.05) is 42.5 Å². The Balaban J connectivity index is 1.86. The van der Waals surface area contributed by atoms with Crippen molar-refractivity contribution in [1.82, 2.24) is 10.2 Å². The van der Waals surface area contributed by atoms with E-state index in [1.54, 1.807) is 0 Å². The predicted octanol–water partition coefficient (Wildman–Crippen LogP) is 2.85. The molecule has 1 heterocycles. The first-order valence-electron chi connectivity index (χ1n) is 8.69. The average Bonchev–Trinajstić information content (AvgIpc) is 2.58. The van der Waals surface area contributed by atoms with Gasteiger partial charge in [0.2, 0.25) is 0 Å². The summed E-state index contributed by atoms with van der Waals surface area (Å²) in [5.41, 5.74) is 1.23. The quantitative estimate of drug-likeness (QED) is 0.891. The summed E-state index contributed by atoms with van der Waals surface area (Å²) in [5, 5.41) is 16.8. The van der Waals surface area contributed by atoms with E-state index in [1.807, 2.05) is 7.05 Å². The number of hydrogen-bond acceptors (Lipinski definition) is 3. The lowest BCUT2D eigenvalue weighted by molar-refractivity contribution is 0.0401. The molecule has 3 heteroatoms. The summed E-state index contributed by atoms with van der Waals surface area (Å²) in [6.45, 7) is 2.95. The highest BCUT2D eigenvalue weighted by Crippen LogP contribution is 2.30. The van der Waals surface area contributed by atoms with Crippen molar-refractivity contribution in [3.8, 4) is 0 Å². The van der Waals surface area contributed by atoms with E-state index in [0.29, 0.717) is 5.92 Å². The molecule has 2 aromatic rings. The van der Waals surface area contributed by atoms with Crippen LogP contribution in [0.3, 0.4) is 0 Å². The first-order chi connectivity index (χ1) is 11.2. The highest BCUT2D eigenvalue weighted by atomic mass is 16.3. The van der Waals surface area contributed by atoms with Crippen LogP contribution in [0.4, 0.5) is 0 Å². The molecule has 0 amide bonds. The van der Waals surface area contributed by atoms with E-state index < -0.39 is 0 Å². The fourth-order valence-electron chi connectivity index (χ4n) is 3.91. The van der Waals surface area contributed by atoms with Crippen molar-refractivity contribution in [3.63, 3.8) is 0 Å². The van der Waals surface area contributed by atoms with Crippen molar-refractivity contribution in [2.24, 2.45) is 5.92 Å². The van der Waals surface area contributed by atoms with E-state index in [4.69, 9.17) is 0 Å². The van der Waals surface area contributed by atoms with Gasteiger partial charge in [-0.3, -0.25) is 0 Å². The fraction of sp³-hybridized carbons (Fsp3) is 0.500. The summed E-state index contributed by atoms with van der Waals surface area (Å²) in [6, 6.07) is 15.0. The lowest BCUT2D eigenvalue weighted by Crippen LogP contribution is -2.42. The third-order valence-electron chi connectivity index (χ3n) is 5.18. The van der Waals surface area contributed by atoms with Crippen molar-refractivity contribution < 1.29 is 5.11 Å². The molecule has 2 aromatic carbocycles. The van der Waals surface area contributed by atoms with Crippen LogP contribution in [0.25, 0.3) is 10.8 Å². The van der Waals surface area contributed by atoms with Gasteiger partial charge in [-0.25, -0.2) is 0 Å². The molecule has 3 rings (SSSR count). The molecule has 1 unspecified atom stereocenters. The highest BCUT2D eigenvalue weighted by molar-refractivity contribution is 5.83. The Morgan fingerprint density at radius 1 is 1.22 bits per heavy atom. The first-order valence-corrected chi connectivity index (χ1v) is 8.69. The second kappa shape index (κ2) is 7.43. The van der Waals surface area contributed by atoms with E-state index in [0.717, 1.165) is 26.1 Å². The zero-order valence-corrected chi connectivity index (χ0v) is 14.2. The third-order valence-corrected chi connectivity index (χ3v) is 5.18. The molecule has 1 fully saturated rings. The molecule has 0 spiro atoms. The summed E-state index contributed by atoms with van der Waals surface area (Å²) in [4.78, 5) is 2.34. The molecule has 0 aromatic heterocycles. The maximum absolute atomic E-state index is 11.0. The maximum Gasteiger partial charge on any atom is 0.0661 e. The van der Waals surface area contributed by atoms with Crippen LogP contribution in [0.2, 0.25) is 0 Å². The van der Waals surface area contributed by atoms with Gasteiger partial charge in [0.1, 0.15) is 0 Å². The van der Waals surface area contributed by atoms with Crippen LogP contribution in [0.5, 0.6) is 0 Å². The van der Waals surface area contributed by atoms with E-state index in [1.165, 1.54) is 22.8 Å². The number of aliphatic hydroxyl groups is 1. The monoisotopic (exact) mass is 312 g/mol. The second-order valence-corrected chi connectivity index (χ2v) is 6.93. The number of hydrogen-bond donors (Lipinski definition) is 2. The zero-order chi connectivity index (χ0) is 16.2. The van der Waals surface area contributed by atoms with Gasteiger partial charge in [0.25, 0.3) is 0 Å². The van der Waals surface area contributed by atoms with Gasteiger partial charge >= 0.3 is 0 Å². The Labute approximate surface area is 139 Å². The van der Waals surface area contributed by atoms with Crippen molar-refractivity contribution in [3.05, 3.63) is 48.0 Å². The minimum absolute atomic E-state index is 0.140. The van der Waals surface area contributed by atoms with Crippen LogP contribution >= 0.6 is 0 Å². The molecular weight excluding hydrogens is 284 g/mol. The lowest BCUT2D eigenvalue weighted by Gasteiger charge is -2.36. The Hall–Kier alpha value is -1.42. The zero-order valence-electron chi connectivity index (χ0n) is 14.2. The number of likely N-dealkylation sites (tertiary alicyclic amines) is 1. The van der Waals surface area contributed by atoms with Gasteiger partial charge in [0.05, 0.1) is 6.10 Å². The molecule has 1 aliphatic rings. The molecular formula is C20H28N2O. The Bertz CT molecular complexity index is 642. The summed E-state index contributed by atoms with van der Waals surface area (Å²) in [6.07, 6.45) is 2.01.